The van der Waals surface area contributed by atoms with Crippen molar-refractivity contribution in [3.05, 3.63) is 15.9 Å². The number of nitrogens with zero attached hydrogens (tertiary/aromatic N) is 3. The number of aryl methyl sites for hydroxylation is 2. The van der Waals surface area contributed by atoms with Crippen molar-refractivity contribution in [3.8, 4) is 0 Å². The van der Waals surface area contributed by atoms with E-state index in [1.165, 1.54) is 37.8 Å². The Kier molecular flexibility index (Phi) is 5.46. The van der Waals surface area contributed by atoms with Gasteiger partial charge in [0.25, 0.3) is 0 Å². The molecule has 1 aromatic rings. The number of hydrogen-bond acceptors (Lipinski definition) is 4. The van der Waals surface area contributed by atoms with Crippen molar-refractivity contribution in [1.29, 1.82) is 0 Å². The van der Waals surface area contributed by atoms with Crippen LogP contribution in [0.2, 0.25) is 0 Å². The number of halogens is 1. The fraction of sp³-hybridized carbons (Fsp3) is 0.800. The van der Waals surface area contributed by atoms with Gasteiger partial charge in [-0.3, -0.25) is 16.0 Å². The van der Waals surface area contributed by atoms with Crippen molar-refractivity contribution < 1.29 is 0 Å². The summed E-state index contributed by atoms with van der Waals surface area (Å²) in [5.74, 6) is 5.96. The Morgan fingerprint density at radius 1 is 1.38 bits per heavy atom. The summed E-state index contributed by atoms with van der Waals surface area (Å²) in [5.41, 5.74) is 5.48. The highest BCUT2D eigenvalue weighted by Crippen LogP contribution is 2.37. The molecule has 120 valence electrons. The number of hydrogen-bond donors (Lipinski definition) is 2. The lowest BCUT2D eigenvalue weighted by Gasteiger charge is -2.48. The molecule has 0 aliphatic heterocycles. The fourth-order valence-corrected chi connectivity index (χ4v) is 4.27. The Hall–Kier alpha value is -0.430. The maximum atomic E-state index is 5.96. The highest BCUT2D eigenvalue weighted by atomic mass is 79.9. The maximum absolute atomic E-state index is 5.96. The SMILES string of the molecule is Cc1nn(C)c(CC(NN)C2(N(C)C)CCCCC2)c1Br. The molecule has 1 atom stereocenters. The van der Waals surface area contributed by atoms with Crippen molar-refractivity contribution in [3.63, 3.8) is 0 Å². The molecule has 1 aromatic heterocycles. The third kappa shape index (κ3) is 3.18. The second kappa shape index (κ2) is 6.77. The van der Waals surface area contributed by atoms with Gasteiger partial charge in [-0.1, -0.05) is 19.3 Å². The van der Waals surface area contributed by atoms with E-state index in [4.69, 9.17) is 5.84 Å². The van der Waals surface area contributed by atoms with Crippen LogP contribution in [0.3, 0.4) is 0 Å². The molecule has 2 rings (SSSR count). The van der Waals surface area contributed by atoms with Crippen LogP contribution in [-0.4, -0.2) is 40.4 Å². The molecule has 1 unspecified atom stereocenters. The summed E-state index contributed by atoms with van der Waals surface area (Å²) in [4.78, 5) is 2.37. The highest BCUT2D eigenvalue weighted by Gasteiger charge is 2.41. The van der Waals surface area contributed by atoms with Crippen molar-refractivity contribution in [1.82, 2.24) is 20.1 Å². The van der Waals surface area contributed by atoms with Crippen molar-refractivity contribution in [2.45, 2.75) is 57.0 Å². The van der Waals surface area contributed by atoms with E-state index in [9.17, 15) is 0 Å². The summed E-state index contributed by atoms with van der Waals surface area (Å²) in [6.45, 7) is 2.03. The van der Waals surface area contributed by atoms with Crippen LogP contribution < -0.4 is 11.3 Å². The molecular weight excluding hydrogens is 330 g/mol. The Bertz CT molecular complexity index is 477. The van der Waals surface area contributed by atoms with E-state index >= 15 is 0 Å². The molecule has 0 radical (unpaired) electrons. The first-order valence-corrected chi connectivity index (χ1v) is 8.53. The summed E-state index contributed by atoms with van der Waals surface area (Å²) in [5, 5.41) is 4.50. The van der Waals surface area contributed by atoms with Crippen LogP contribution in [0.4, 0.5) is 0 Å². The van der Waals surface area contributed by atoms with E-state index < -0.39 is 0 Å². The maximum Gasteiger partial charge on any atom is 0.0738 e. The first-order valence-electron chi connectivity index (χ1n) is 7.74. The molecule has 0 spiro atoms. The van der Waals surface area contributed by atoms with Gasteiger partial charge >= 0.3 is 0 Å². The van der Waals surface area contributed by atoms with Gasteiger partial charge in [0.15, 0.2) is 0 Å². The number of rotatable bonds is 5. The molecule has 21 heavy (non-hydrogen) atoms. The molecule has 5 nitrogen and oxygen atoms in total. The standard InChI is InChI=1S/C15H28BrN5/c1-11-14(16)12(21(4)19-11)10-13(18-17)15(20(2)3)8-6-5-7-9-15/h13,18H,5-10,17H2,1-4H3. The second-order valence-electron chi connectivity index (χ2n) is 6.45. The van der Waals surface area contributed by atoms with Gasteiger partial charge < -0.3 is 4.90 Å². The van der Waals surface area contributed by atoms with Gasteiger partial charge in [0.1, 0.15) is 0 Å². The Morgan fingerprint density at radius 3 is 2.43 bits per heavy atom. The van der Waals surface area contributed by atoms with Crippen LogP contribution in [0, 0.1) is 6.92 Å². The molecule has 1 heterocycles. The summed E-state index contributed by atoms with van der Waals surface area (Å²) >= 11 is 3.67. The zero-order chi connectivity index (χ0) is 15.6. The first-order chi connectivity index (χ1) is 9.92. The van der Waals surface area contributed by atoms with Crippen LogP contribution in [0.5, 0.6) is 0 Å². The third-order valence-corrected chi connectivity index (χ3v) is 6.15. The predicted molar refractivity (Wildman–Crippen MR) is 90.0 cm³/mol. The molecule has 1 saturated carbocycles. The lowest BCUT2D eigenvalue weighted by atomic mass is 9.74. The third-order valence-electron chi connectivity index (χ3n) is 5.12. The number of hydrazine groups is 1. The Balaban J connectivity index is 2.29. The highest BCUT2D eigenvalue weighted by molar-refractivity contribution is 9.10. The topological polar surface area (TPSA) is 59.1 Å². The lowest BCUT2D eigenvalue weighted by Crippen LogP contribution is -2.62. The van der Waals surface area contributed by atoms with Gasteiger partial charge in [-0.2, -0.15) is 5.10 Å². The molecule has 0 saturated heterocycles. The minimum absolute atomic E-state index is 0.130. The Labute approximate surface area is 136 Å². The summed E-state index contributed by atoms with van der Waals surface area (Å²) in [7, 11) is 6.36. The Morgan fingerprint density at radius 2 is 2.00 bits per heavy atom. The van der Waals surface area contributed by atoms with Crippen LogP contribution >= 0.6 is 15.9 Å². The van der Waals surface area contributed by atoms with Gasteiger partial charge in [0.05, 0.1) is 15.9 Å². The van der Waals surface area contributed by atoms with Gasteiger partial charge in [-0.05, 0) is 49.8 Å². The van der Waals surface area contributed by atoms with E-state index in [2.05, 4.69) is 45.4 Å². The normalized spacial score (nSPS) is 20.0. The number of aromatic nitrogens is 2. The molecule has 1 fully saturated rings. The average Bonchev–Trinajstić information content (AvgIpc) is 2.70. The smallest absolute Gasteiger partial charge is 0.0738 e. The van der Waals surface area contributed by atoms with Crippen LogP contribution in [0.1, 0.15) is 43.5 Å². The van der Waals surface area contributed by atoms with E-state index in [1.807, 2.05) is 18.7 Å². The molecule has 3 N–H and O–H groups in total. The van der Waals surface area contributed by atoms with Gasteiger partial charge in [-0.15, -0.1) is 0 Å². The first kappa shape index (κ1) is 16.9. The molecule has 0 bridgehead atoms. The number of nitrogens with two attached hydrogens (primary N) is 1. The molecule has 1 aliphatic rings. The van der Waals surface area contributed by atoms with Crippen LogP contribution in [0.25, 0.3) is 0 Å². The largest absolute Gasteiger partial charge is 0.302 e. The predicted octanol–water partition coefficient (Wildman–Crippen LogP) is 2.13. The van der Waals surface area contributed by atoms with Gasteiger partial charge in [-0.25, -0.2) is 0 Å². The van der Waals surface area contributed by atoms with E-state index in [1.54, 1.807) is 0 Å². The van der Waals surface area contributed by atoms with E-state index in [0.717, 1.165) is 16.6 Å². The summed E-state index contributed by atoms with van der Waals surface area (Å²) in [6.07, 6.45) is 7.17. The lowest BCUT2D eigenvalue weighted by molar-refractivity contribution is 0.0561. The zero-order valence-corrected chi connectivity index (χ0v) is 15.2. The van der Waals surface area contributed by atoms with Gasteiger partial charge in [0, 0.05) is 25.0 Å². The summed E-state index contributed by atoms with van der Waals surface area (Å²) in [6, 6.07) is 0.221. The summed E-state index contributed by atoms with van der Waals surface area (Å²) < 4.78 is 3.07. The molecule has 0 amide bonds. The van der Waals surface area contributed by atoms with Gasteiger partial charge in [0.2, 0.25) is 0 Å². The fourth-order valence-electron chi connectivity index (χ4n) is 3.77. The van der Waals surface area contributed by atoms with Crippen molar-refractivity contribution >= 4 is 15.9 Å². The van der Waals surface area contributed by atoms with Crippen LogP contribution in [0.15, 0.2) is 4.47 Å². The second-order valence-corrected chi connectivity index (χ2v) is 7.24. The van der Waals surface area contributed by atoms with Crippen molar-refractivity contribution in [2.24, 2.45) is 12.9 Å². The van der Waals surface area contributed by atoms with E-state index in [0.29, 0.717) is 0 Å². The van der Waals surface area contributed by atoms with Crippen LogP contribution in [-0.2, 0) is 13.5 Å². The average molecular weight is 358 g/mol. The van der Waals surface area contributed by atoms with Crippen molar-refractivity contribution in [2.75, 3.05) is 14.1 Å². The molecular formula is C15H28BrN5. The number of nitrogens with one attached hydrogen (secondary N) is 1. The number of likely N-dealkylation sites (N-methyl/N-ethyl adjacent to an activating group) is 1. The molecule has 0 aromatic carbocycles. The minimum Gasteiger partial charge on any atom is -0.302 e. The van der Waals surface area contributed by atoms with E-state index in [-0.39, 0.29) is 11.6 Å². The monoisotopic (exact) mass is 357 g/mol. The minimum atomic E-state index is 0.130. The quantitative estimate of drug-likeness (QED) is 0.625. The molecule has 6 heteroatoms. The zero-order valence-electron chi connectivity index (χ0n) is 13.6. The molecule has 1 aliphatic carbocycles.